The van der Waals surface area contributed by atoms with Gasteiger partial charge in [-0.1, -0.05) is 15.9 Å². The summed E-state index contributed by atoms with van der Waals surface area (Å²) < 4.78 is 22.8. The number of ether oxygens (including phenoxy) is 3. The van der Waals surface area contributed by atoms with Crippen molar-refractivity contribution in [1.82, 2.24) is 0 Å². The Morgan fingerprint density at radius 2 is 2.21 bits per heavy atom. The molecular formula is C18H21BrO5. The Balaban J connectivity index is 1.32. The van der Waals surface area contributed by atoms with Crippen LogP contribution in [0.1, 0.15) is 25.0 Å². The van der Waals surface area contributed by atoms with Gasteiger partial charge in [0.25, 0.3) is 0 Å². The summed E-state index contributed by atoms with van der Waals surface area (Å²) in [5, 5.41) is 1.04. The highest BCUT2D eigenvalue weighted by Crippen LogP contribution is 2.23. The van der Waals surface area contributed by atoms with E-state index >= 15 is 0 Å². The van der Waals surface area contributed by atoms with Crippen LogP contribution in [-0.2, 0) is 25.4 Å². The molecule has 1 fully saturated rings. The SMILES string of the molecule is O=C(CCOCC1CCCO1)OCCc1cc2cc(Br)ccc2o1. The van der Waals surface area contributed by atoms with Gasteiger partial charge in [0, 0.05) is 22.9 Å². The third kappa shape index (κ3) is 5.06. The molecule has 1 aliphatic heterocycles. The first kappa shape index (κ1) is 17.5. The maximum Gasteiger partial charge on any atom is 0.308 e. The molecule has 130 valence electrons. The van der Waals surface area contributed by atoms with Gasteiger partial charge in [-0.2, -0.15) is 0 Å². The lowest BCUT2D eigenvalue weighted by molar-refractivity contribution is -0.145. The molecule has 2 aromatic rings. The fourth-order valence-corrected chi connectivity index (χ4v) is 3.05. The van der Waals surface area contributed by atoms with Crippen LogP contribution in [-0.4, -0.2) is 38.5 Å². The second-order valence-corrected chi connectivity index (χ2v) is 6.74. The summed E-state index contributed by atoms with van der Waals surface area (Å²) in [6, 6.07) is 7.82. The van der Waals surface area contributed by atoms with Crippen LogP contribution in [0.2, 0.25) is 0 Å². The van der Waals surface area contributed by atoms with Crippen LogP contribution in [0.25, 0.3) is 11.0 Å². The predicted octanol–water partition coefficient (Wildman–Crippen LogP) is 3.87. The molecule has 3 rings (SSSR count). The van der Waals surface area contributed by atoms with Gasteiger partial charge >= 0.3 is 5.97 Å². The molecule has 1 aliphatic rings. The van der Waals surface area contributed by atoms with Crippen LogP contribution < -0.4 is 0 Å². The summed E-state index contributed by atoms with van der Waals surface area (Å²) in [5.41, 5.74) is 0.835. The first-order valence-corrected chi connectivity index (χ1v) is 9.03. The number of benzene rings is 1. The van der Waals surface area contributed by atoms with Crippen molar-refractivity contribution in [2.75, 3.05) is 26.4 Å². The summed E-state index contributed by atoms with van der Waals surface area (Å²) in [6.07, 6.45) is 3.15. The number of halogens is 1. The van der Waals surface area contributed by atoms with Crippen LogP contribution in [0.4, 0.5) is 0 Å². The van der Waals surface area contributed by atoms with E-state index in [0.29, 0.717) is 26.2 Å². The Labute approximate surface area is 149 Å². The number of hydrogen-bond donors (Lipinski definition) is 0. The monoisotopic (exact) mass is 396 g/mol. The molecule has 24 heavy (non-hydrogen) atoms. The van der Waals surface area contributed by atoms with Crippen LogP contribution in [0.3, 0.4) is 0 Å². The molecule has 0 amide bonds. The van der Waals surface area contributed by atoms with E-state index in [1.54, 1.807) is 0 Å². The normalized spacial score (nSPS) is 17.5. The van der Waals surface area contributed by atoms with Crippen LogP contribution in [0.15, 0.2) is 33.2 Å². The van der Waals surface area contributed by atoms with Crippen molar-refractivity contribution in [3.8, 4) is 0 Å². The lowest BCUT2D eigenvalue weighted by Gasteiger charge is -2.09. The molecule has 0 radical (unpaired) electrons. The van der Waals surface area contributed by atoms with Crippen molar-refractivity contribution in [2.45, 2.75) is 31.8 Å². The van der Waals surface area contributed by atoms with Crippen molar-refractivity contribution >= 4 is 32.9 Å². The molecule has 1 aromatic heterocycles. The molecule has 1 unspecified atom stereocenters. The first-order valence-electron chi connectivity index (χ1n) is 8.23. The smallest absolute Gasteiger partial charge is 0.308 e. The fourth-order valence-electron chi connectivity index (χ4n) is 2.68. The topological polar surface area (TPSA) is 57.9 Å². The van der Waals surface area contributed by atoms with Crippen molar-refractivity contribution in [3.05, 3.63) is 34.5 Å². The Kier molecular flexibility index (Phi) is 6.29. The molecule has 2 heterocycles. The van der Waals surface area contributed by atoms with Gasteiger partial charge in [0.15, 0.2) is 0 Å². The first-order chi connectivity index (χ1) is 11.7. The molecule has 1 atom stereocenters. The van der Waals surface area contributed by atoms with E-state index in [2.05, 4.69) is 15.9 Å². The number of hydrogen-bond acceptors (Lipinski definition) is 5. The van der Waals surface area contributed by atoms with Gasteiger partial charge in [-0.3, -0.25) is 4.79 Å². The third-order valence-electron chi connectivity index (χ3n) is 3.92. The molecular weight excluding hydrogens is 376 g/mol. The molecule has 0 bridgehead atoms. The Hall–Kier alpha value is -1.37. The second-order valence-electron chi connectivity index (χ2n) is 5.83. The van der Waals surface area contributed by atoms with E-state index in [-0.39, 0.29) is 18.5 Å². The van der Waals surface area contributed by atoms with Crippen molar-refractivity contribution < 1.29 is 23.4 Å². The van der Waals surface area contributed by atoms with Gasteiger partial charge in [-0.15, -0.1) is 0 Å². The van der Waals surface area contributed by atoms with E-state index in [1.807, 2.05) is 24.3 Å². The van der Waals surface area contributed by atoms with Gasteiger partial charge in [0.05, 0.1) is 32.3 Å². The predicted molar refractivity (Wildman–Crippen MR) is 93.0 cm³/mol. The average Bonchev–Trinajstić information content (AvgIpc) is 3.20. The number of carbonyl (C=O) groups excluding carboxylic acids is 1. The van der Waals surface area contributed by atoms with Crippen LogP contribution >= 0.6 is 15.9 Å². The van der Waals surface area contributed by atoms with E-state index < -0.39 is 0 Å². The fraction of sp³-hybridized carbons (Fsp3) is 0.500. The van der Waals surface area contributed by atoms with E-state index in [4.69, 9.17) is 18.6 Å². The number of rotatable bonds is 8. The number of esters is 1. The highest BCUT2D eigenvalue weighted by molar-refractivity contribution is 9.10. The number of carbonyl (C=O) groups is 1. The quantitative estimate of drug-likeness (QED) is 0.500. The van der Waals surface area contributed by atoms with Crippen molar-refractivity contribution in [3.63, 3.8) is 0 Å². The van der Waals surface area contributed by atoms with Gasteiger partial charge in [0.1, 0.15) is 11.3 Å². The molecule has 0 N–H and O–H groups in total. The largest absolute Gasteiger partial charge is 0.465 e. The summed E-state index contributed by atoms with van der Waals surface area (Å²) in [6.45, 7) is 2.06. The summed E-state index contributed by atoms with van der Waals surface area (Å²) >= 11 is 3.43. The Morgan fingerprint density at radius 3 is 3.04 bits per heavy atom. The van der Waals surface area contributed by atoms with Gasteiger partial charge in [-0.25, -0.2) is 0 Å². The zero-order valence-electron chi connectivity index (χ0n) is 13.5. The zero-order chi connectivity index (χ0) is 16.8. The summed E-state index contributed by atoms with van der Waals surface area (Å²) in [4.78, 5) is 11.7. The molecule has 0 spiro atoms. The molecule has 0 aliphatic carbocycles. The van der Waals surface area contributed by atoms with Crippen molar-refractivity contribution in [1.29, 1.82) is 0 Å². The maximum atomic E-state index is 11.7. The molecule has 1 saturated heterocycles. The molecule has 0 saturated carbocycles. The number of furan rings is 1. The Morgan fingerprint density at radius 1 is 1.29 bits per heavy atom. The zero-order valence-corrected chi connectivity index (χ0v) is 15.0. The van der Waals surface area contributed by atoms with E-state index in [9.17, 15) is 4.79 Å². The van der Waals surface area contributed by atoms with Crippen LogP contribution in [0, 0.1) is 0 Å². The van der Waals surface area contributed by atoms with Gasteiger partial charge in [-0.05, 0) is 37.1 Å². The third-order valence-corrected chi connectivity index (χ3v) is 4.41. The van der Waals surface area contributed by atoms with E-state index in [1.165, 1.54) is 0 Å². The minimum absolute atomic E-state index is 0.189. The van der Waals surface area contributed by atoms with Gasteiger partial charge in [0.2, 0.25) is 0 Å². The highest BCUT2D eigenvalue weighted by atomic mass is 79.9. The van der Waals surface area contributed by atoms with Crippen LogP contribution in [0.5, 0.6) is 0 Å². The minimum Gasteiger partial charge on any atom is -0.465 e. The molecule has 1 aromatic carbocycles. The molecule has 5 nitrogen and oxygen atoms in total. The molecule has 6 heteroatoms. The minimum atomic E-state index is -0.249. The van der Waals surface area contributed by atoms with E-state index in [0.717, 1.165) is 40.7 Å². The summed E-state index contributed by atoms with van der Waals surface area (Å²) in [7, 11) is 0. The lowest BCUT2D eigenvalue weighted by atomic mass is 10.2. The highest BCUT2D eigenvalue weighted by Gasteiger charge is 2.15. The maximum absolute atomic E-state index is 11.7. The van der Waals surface area contributed by atoms with Crippen molar-refractivity contribution in [2.24, 2.45) is 0 Å². The average molecular weight is 397 g/mol. The Bertz CT molecular complexity index is 675. The second kappa shape index (κ2) is 8.65. The summed E-state index contributed by atoms with van der Waals surface area (Å²) in [5.74, 6) is 0.562. The lowest BCUT2D eigenvalue weighted by Crippen LogP contribution is -2.16. The standard InChI is InChI=1S/C18H21BrO5/c19-14-3-4-17-13(10-14)11-15(24-17)5-9-23-18(20)6-8-21-12-16-2-1-7-22-16/h3-4,10-11,16H,1-2,5-9,12H2. The number of fused-ring (bicyclic) bond motifs is 1. The van der Waals surface area contributed by atoms with Gasteiger partial charge < -0.3 is 18.6 Å².